The van der Waals surface area contributed by atoms with E-state index in [0.29, 0.717) is 31.0 Å². The number of thioether (sulfide) groups is 1. The highest BCUT2D eigenvalue weighted by molar-refractivity contribution is 8.01. The first-order valence-corrected chi connectivity index (χ1v) is 6.33. The van der Waals surface area contributed by atoms with E-state index in [-0.39, 0.29) is 12.2 Å². The number of carboxylic acids is 1. The highest BCUT2D eigenvalue weighted by Crippen LogP contribution is 2.46. The standard InChI is InChI=1S/C10H15F3O2S/c11-10(12,13)9(8(14)15)6-4-2-1-3-5-7-16-9/h1-7H2,(H,14,15). The summed E-state index contributed by atoms with van der Waals surface area (Å²) in [5, 5.41) is 8.89. The Bertz CT molecular complexity index is 243. The zero-order valence-electron chi connectivity index (χ0n) is 8.85. The molecule has 0 radical (unpaired) electrons. The SMILES string of the molecule is O=C(O)C1(C(F)(F)F)CCCCCCCS1. The maximum atomic E-state index is 12.9. The van der Waals surface area contributed by atoms with Crippen molar-refractivity contribution in [2.45, 2.75) is 49.4 Å². The summed E-state index contributed by atoms with van der Waals surface area (Å²) in [6.07, 6.45) is -1.51. The first-order valence-electron chi connectivity index (χ1n) is 5.34. The largest absolute Gasteiger partial charge is 0.480 e. The van der Waals surface area contributed by atoms with E-state index in [9.17, 15) is 18.0 Å². The molecule has 0 saturated carbocycles. The van der Waals surface area contributed by atoms with Gasteiger partial charge in [-0.25, -0.2) is 0 Å². The summed E-state index contributed by atoms with van der Waals surface area (Å²) < 4.78 is 36.1. The number of hydrogen-bond donors (Lipinski definition) is 1. The van der Waals surface area contributed by atoms with Crippen molar-refractivity contribution >= 4 is 17.7 Å². The van der Waals surface area contributed by atoms with Gasteiger partial charge in [0.05, 0.1) is 0 Å². The maximum Gasteiger partial charge on any atom is 0.413 e. The van der Waals surface area contributed by atoms with Crippen LogP contribution in [0.2, 0.25) is 0 Å². The van der Waals surface area contributed by atoms with E-state index in [4.69, 9.17) is 5.11 Å². The van der Waals surface area contributed by atoms with Crippen LogP contribution in [-0.2, 0) is 4.79 Å². The molecule has 2 nitrogen and oxygen atoms in total. The van der Waals surface area contributed by atoms with Crippen molar-refractivity contribution in [2.75, 3.05) is 5.75 Å². The third-order valence-electron chi connectivity index (χ3n) is 2.83. The van der Waals surface area contributed by atoms with Crippen LogP contribution < -0.4 is 0 Å². The molecule has 1 aliphatic rings. The van der Waals surface area contributed by atoms with Gasteiger partial charge in [0.25, 0.3) is 0 Å². The molecule has 0 aromatic carbocycles. The lowest BCUT2D eigenvalue weighted by atomic mass is 9.99. The van der Waals surface area contributed by atoms with Crippen molar-refractivity contribution in [3.63, 3.8) is 0 Å². The van der Waals surface area contributed by atoms with Crippen molar-refractivity contribution in [3.8, 4) is 0 Å². The summed E-state index contributed by atoms with van der Waals surface area (Å²) in [5.41, 5.74) is 0. The van der Waals surface area contributed by atoms with Gasteiger partial charge in [-0.3, -0.25) is 4.79 Å². The highest BCUT2D eigenvalue weighted by atomic mass is 32.2. The summed E-state index contributed by atoms with van der Waals surface area (Å²) in [6.45, 7) is 0. The van der Waals surface area contributed by atoms with E-state index in [1.807, 2.05) is 0 Å². The molecule has 0 bridgehead atoms. The van der Waals surface area contributed by atoms with Gasteiger partial charge in [0.15, 0.2) is 0 Å². The summed E-state index contributed by atoms with van der Waals surface area (Å²) >= 11 is 0.549. The van der Waals surface area contributed by atoms with Crippen molar-refractivity contribution in [1.82, 2.24) is 0 Å². The maximum absolute atomic E-state index is 12.9. The Hall–Kier alpha value is -0.390. The van der Waals surface area contributed by atoms with E-state index in [1.54, 1.807) is 0 Å². The summed E-state index contributed by atoms with van der Waals surface area (Å²) in [4.78, 5) is 11.0. The Kier molecular flexibility index (Phi) is 4.52. The van der Waals surface area contributed by atoms with Gasteiger partial charge >= 0.3 is 12.1 Å². The lowest BCUT2D eigenvalue weighted by Gasteiger charge is -2.30. The second-order valence-corrected chi connectivity index (χ2v) is 5.39. The smallest absolute Gasteiger partial charge is 0.413 e. The van der Waals surface area contributed by atoms with Gasteiger partial charge < -0.3 is 5.11 Å². The van der Waals surface area contributed by atoms with E-state index in [1.165, 1.54) is 0 Å². The molecular formula is C10H15F3O2S. The van der Waals surface area contributed by atoms with Crippen molar-refractivity contribution < 1.29 is 23.1 Å². The van der Waals surface area contributed by atoms with Crippen LogP contribution in [0.3, 0.4) is 0 Å². The molecule has 1 saturated heterocycles. The van der Waals surface area contributed by atoms with Crippen LogP contribution in [0, 0.1) is 0 Å². The van der Waals surface area contributed by atoms with Gasteiger partial charge in [-0.1, -0.05) is 25.7 Å². The summed E-state index contributed by atoms with van der Waals surface area (Å²) in [6, 6.07) is 0. The van der Waals surface area contributed by atoms with Gasteiger partial charge in [-0.05, 0) is 18.6 Å². The molecule has 16 heavy (non-hydrogen) atoms. The molecule has 0 aliphatic carbocycles. The van der Waals surface area contributed by atoms with Crippen LogP contribution in [0.4, 0.5) is 13.2 Å². The summed E-state index contributed by atoms with van der Waals surface area (Å²) in [7, 11) is 0. The molecule has 1 atom stereocenters. The minimum atomic E-state index is -4.67. The predicted octanol–water partition coefficient (Wildman–Crippen LogP) is 3.46. The fourth-order valence-electron chi connectivity index (χ4n) is 1.84. The minimum Gasteiger partial charge on any atom is -0.480 e. The minimum absolute atomic E-state index is 0.270. The van der Waals surface area contributed by atoms with Gasteiger partial charge in [-0.15, -0.1) is 11.8 Å². The van der Waals surface area contributed by atoms with Crippen LogP contribution in [0.25, 0.3) is 0 Å². The fraction of sp³-hybridized carbons (Fsp3) is 0.900. The molecule has 0 aromatic rings. The fourth-order valence-corrected chi connectivity index (χ4v) is 3.11. The first-order chi connectivity index (χ1) is 7.40. The second-order valence-electron chi connectivity index (χ2n) is 4.00. The van der Waals surface area contributed by atoms with Gasteiger partial charge in [0.2, 0.25) is 4.75 Å². The third-order valence-corrected chi connectivity index (χ3v) is 4.42. The van der Waals surface area contributed by atoms with Crippen LogP contribution in [0.15, 0.2) is 0 Å². The predicted molar refractivity (Wildman–Crippen MR) is 56.6 cm³/mol. The first kappa shape index (κ1) is 13.7. The third kappa shape index (κ3) is 2.84. The van der Waals surface area contributed by atoms with Crippen LogP contribution in [0.5, 0.6) is 0 Å². The zero-order valence-corrected chi connectivity index (χ0v) is 9.66. The van der Waals surface area contributed by atoms with E-state index < -0.39 is 16.9 Å². The molecule has 1 unspecified atom stereocenters. The molecule has 0 aromatic heterocycles. The molecule has 1 aliphatic heterocycles. The number of aliphatic carboxylic acids is 1. The number of hydrogen-bond acceptors (Lipinski definition) is 2. The Morgan fingerprint density at radius 2 is 1.69 bits per heavy atom. The number of alkyl halides is 3. The zero-order chi connectivity index (χ0) is 12.2. The number of halogens is 3. The number of carbonyl (C=O) groups is 1. The Morgan fingerprint density at radius 1 is 1.12 bits per heavy atom. The van der Waals surface area contributed by atoms with Gasteiger partial charge in [0.1, 0.15) is 0 Å². The average Bonchev–Trinajstić information content (AvgIpc) is 2.27. The summed E-state index contributed by atoms with van der Waals surface area (Å²) in [5.74, 6) is -1.47. The van der Waals surface area contributed by atoms with Crippen LogP contribution in [0.1, 0.15) is 38.5 Å². The quantitative estimate of drug-likeness (QED) is 0.780. The highest BCUT2D eigenvalue weighted by Gasteiger charge is 2.60. The van der Waals surface area contributed by atoms with E-state index >= 15 is 0 Å². The topological polar surface area (TPSA) is 37.3 Å². The molecule has 1 rings (SSSR count). The normalized spacial score (nSPS) is 28.9. The second kappa shape index (κ2) is 5.29. The van der Waals surface area contributed by atoms with Crippen LogP contribution in [-0.4, -0.2) is 27.8 Å². The van der Waals surface area contributed by atoms with Crippen molar-refractivity contribution in [1.29, 1.82) is 0 Å². The molecule has 0 spiro atoms. The Morgan fingerprint density at radius 3 is 2.25 bits per heavy atom. The van der Waals surface area contributed by atoms with Gasteiger partial charge in [-0.2, -0.15) is 13.2 Å². The Balaban J connectivity index is 2.90. The Labute approximate surface area is 96.6 Å². The van der Waals surface area contributed by atoms with Crippen molar-refractivity contribution in [3.05, 3.63) is 0 Å². The lowest BCUT2D eigenvalue weighted by molar-refractivity contribution is -0.184. The average molecular weight is 256 g/mol. The molecule has 0 amide bonds. The van der Waals surface area contributed by atoms with Gasteiger partial charge in [0, 0.05) is 0 Å². The number of carboxylic acid groups (broad SMARTS) is 1. The molecule has 6 heteroatoms. The molecule has 1 heterocycles. The molecule has 1 fully saturated rings. The molecule has 94 valence electrons. The number of rotatable bonds is 1. The molecule has 1 N–H and O–H groups in total. The van der Waals surface area contributed by atoms with E-state index in [2.05, 4.69) is 0 Å². The lowest BCUT2D eigenvalue weighted by Crippen LogP contribution is -2.49. The van der Waals surface area contributed by atoms with Crippen LogP contribution >= 0.6 is 11.8 Å². The van der Waals surface area contributed by atoms with E-state index in [0.717, 1.165) is 12.8 Å². The van der Waals surface area contributed by atoms with Crippen molar-refractivity contribution in [2.24, 2.45) is 0 Å². The molecular weight excluding hydrogens is 241 g/mol. The monoisotopic (exact) mass is 256 g/mol.